The Balaban J connectivity index is 1.45. The quantitative estimate of drug-likeness (QED) is 0.416. The molecule has 0 unspecified atom stereocenters. The number of aromatic nitrogens is 3. The maximum atomic E-state index is 12.1. The minimum Gasteiger partial charge on any atom is -0.465 e. The van der Waals surface area contributed by atoms with Gasteiger partial charge in [-0.05, 0) is 23.8 Å². The summed E-state index contributed by atoms with van der Waals surface area (Å²) in [4.78, 5) is 34.9. The summed E-state index contributed by atoms with van der Waals surface area (Å²) in [6.07, 6.45) is 3.86. The Kier molecular flexibility index (Phi) is 7.03. The molecule has 0 aliphatic heterocycles. The Hall–Kier alpha value is -3.57. The second-order valence-electron chi connectivity index (χ2n) is 5.69. The summed E-state index contributed by atoms with van der Waals surface area (Å²) in [7, 11) is 0. The number of hydrogen-bond donors (Lipinski definition) is 4. The van der Waals surface area contributed by atoms with E-state index in [1.807, 2.05) is 12.1 Å². The number of hydrogen-bond acceptors (Lipinski definition) is 7. The highest BCUT2D eigenvalue weighted by molar-refractivity contribution is 7.13. The molecule has 0 aliphatic rings. The number of pyridine rings is 2. The molecule has 3 heterocycles. The van der Waals surface area contributed by atoms with Crippen LogP contribution in [0.25, 0.3) is 10.6 Å². The second-order valence-corrected chi connectivity index (χ2v) is 6.55. The lowest BCUT2D eigenvalue weighted by Gasteiger charge is -2.07. The van der Waals surface area contributed by atoms with Gasteiger partial charge in [0.2, 0.25) is 0 Å². The van der Waals surface area contributed by atoms with Crippen molar-refractivity contribution in [1.29, 1.82) is 0 Å². The molecule has 0 saturated heterocycles. The third-order valence-corrected chi connectivity index (χ3v) is 4.42. The summed E-state index contributed by atoms with van der Waals surface area (Å²) in [6.45, 7) is 0.753. The molecule has 0 spiro atoms. The lowest BCUT2D eigenvalue weighted by molar-refractivity contribution is 0.120. The molecule has 0 radical (unpaired) electrons. The van der Waals surface area contributed by atoms with Crippen molar-refractivity contribution >= 4 is 35.1 Å². The van der Waals surface area contributed by atoms with Crippen LogP contribution in [-0.4, -0.2) is 45.3 Å². The molecule has 0 saturated carbocycles. The fraction of sp³-hybridized carbons (Fsp3) is 0.167. The van der Waals surface area contributed by atoms with Gasteiger partial charge in [-0.2, -0.15) is 0 Å². The molecule has 150 valence electrons. The van der Waals surface area contributed by atoms with E-state index in [-0.39, 0.29) is 19.8 Å². The van der Waals surface area contributed by atoms with E-state index in [2.05, 4.69) is 30.9 Å². The number of carbonyl (C=O) groups excluding carboxylic acids is 1. The Morgan fingerprint density at radius 2 is 1.90 bits per heavy atom. The molecule has 3 amide bonds. The molecular weight excluding hydrogens is 396 g/mol. The van der Waals surface area contributed by atoms with E-state index in [9.17, 15) is 9.59 Å². The van der Waals surface area contributed by atoms with Crippen molar-refractivity contribution in [2.75, 3.05) is 23.8 Å². The zero-order chi connectivity index (χ0) is 20.5. The molecule has 29 heavy (non-hydrogen) atoms. The number of nitrogens with zero attached hydrogens (tertiary/aromatic N) is 3. The average Bonchev–Trinajstić information content (AvgIpc) is 3.18. The van der Waals surface area contributed by atoms with Crippen molar-refractivity contribution in [3.05, 3.63) is 53.8 Å². The summed E-state index contributed by atoms with van der Waals surface area (Å²) in [5, 5.41) is 18.5. The van der Waals surface area contributed by atoms with Crippen LogP contribution >= 0.6 is 11.3 Å². The van der Waals surface area contributed by atoms with Crippen molar-refractivity contribution in [2.45, 2.75) is 6.61 Å². The smallest absolute Gasteiger partial charge is 0.404 e. The normalized spacial score (nSPS) is 10.3. The highest BCUT2D eigenvalue weighted by Gasteiger charge is 2.08. The van der Waals surface area contributed by atoms with E-state index in [0.29, 0.717) is 11.6 Å². The molecule has 0 aromatic carbocycles. The molecule has 3 rings (SSSR count). The SMILES string of the molecule is O=C(O)NCCOCc1ccc(NC(=O)Nc2csc(-c3ccncc3)n2)nc1. The standard InChI is InChI=1S/C18H18N6O4S/c25-17(24-15-11-29-16(22-15)13-3-5-19-6-4-13)23-14-2-1-12(9-21-14)10-28-8-7-20-18(26)27/h1-6,9,11,20H,7-8,10H2,(H,26,27)(H2,21,23,24,25). The van der Waals surface area contributed by atoms with Crippen LogP contribution in [0.5, 0.6) is 0 Å². The second kappa shape index (κ2) is 10.1. The molecule has 0 fully saturated rings. The number of amides is 3. The van der Waals surface area contributed by atoms with Crippen molar-refractivity contribution in [3.8, 4) is 10.6 Å². The van der Waals surface area contributed by atoms with Gasteiger partial charge in [-0.3, -0.25) is 15.6 Å². The predicted molar refractivity (Wildman–Crippen MR) is 108 cm³/mol. The first kappa shape index (κ1) is 20.2. The maximum absolute atomic E-state index is 12.1. The van der Waals surface area contributed by atoms with Gasteiger partial charge in [0, 0.05) is 36.1 Å². The van der Waals surface area contributed by atoms with Gasteiger partial charge >= 0.3 is 12.1 Å². The Morgan fingerprint density at radius 3 is 2.62 bits per heavy atom. The number of anilines is 2. The van der Waals surface area contributed by atoms with Crippen LogP contribution in [0.15, 0.2) is 48.2 Å². The molecule has 0 atom stereocenters. The first-order valence-corrected chi connectivity index (χ1v) is 9.41. The molecule has 0 aliphatic carbocycles. The highest BCUT2D eigenvalue weighted by atomic mass is 32.1. The summed E-state index contributed by atoms with van der Waals surface area (Å²) in [5.74, 6) is 0.822. The van der Waals surface area contributed by atoms with E-state index >= 15 is 0 Å². The fourth-order valence-electron chi connectivity index (χ4n) is 2.23. The molecule has 11 heteroatoms. The van der Waals surface area contributed by atoms with E-state index in [1.54, 1.807) is 36.1 Å². The number of thiazole rings is 1. The Bertz CT molecular complexity index is 948. The predicted octanol–water partition coefficient (Wildman–Crippen LogP) is 3.03. The monoisotopic (exact) mass is 414 g/mol. The van der Waals surface area contributed by atoms with Crippen LogP contribution in [0.2, 0.25) is 0 Å². The number of nitrogens with one attached hydrogen (secondary N) is 3. The first-order valence-electron chi connectivity index (χ1n) is 8.53. The lowest BCUT2D eigenvalue weighted by atomic mass is 10.3. The van der Waals surface area contributed by atoms with Crippen LogP contribution in [0.1, 0.15) is 5.56 Å². The summed E-state index contributed by atoms with van der Waals surface area (Å²) in [5.41, 5.74) is 1.73. The minimum absolute atomic E-state index is 0.210. The summed E-state index contributed by atoms with van der Waals surface area (Å²) in [6, 6.07) is 6.66. The third kappa shape index (κ3) is 6.52. The van der Waals surface area contributed by atoms with Gasteiger partial charge in [0.25, 0.3) is 0 Å². The molecule has 10 nitrogen and oxygen atoms in total. The van der Waals surface area contributed by atoms with Crippen LogP contribution < -0.4 is 16.0 Å². The van der Waals surface area contributed by atoms with Gasteiger partial charge in [0.15, 0.2) is 0 Å². The number of rotatable bonds is 8. The molecule has 4 N–H and O–H groups in total. The number of ether oxygens (including phenoxy) is 1. The van der Waals surface area contributed by atoms with Gasteiger partial charge < -0.3 is 15.2 Å². The first-order chi connectivity index (χ1) is 14.1. The molecule has 3 aromatic rings. The maximum Gasteiger partial charge on any atom is 0.404 e. The molecular formula is C18H18N6O4S. The van der Waals surface area contributed by atoms with Crippen LogP contribution in [-0.2, 0) is 11.3 Å². The average molecular weight is 414 g/mol. The van der Waals surface area contributed by atoms with E-state index < -0.39 is 12.1 Å². The van der Waals surface area contributed by atoms with E-state index in [1.165, 1.54) is 11.3 Å². The van der Waals surface area contributed by atoms with Crippen LogP contribution in [0, 0.1) is 0 Å². The van der Waals surface area contributed by atoms with Crippen molar-refractivity contribution < 1.29 is 19.4 Å². The number of carbonyl (C=O) groups is 2. The van der Waals surface area contributed by atoms with Gasteiger partial charge in [0.05, 0.1) is 13.2 Å². The Morgan fingerprint density at radius 1 is 1.10 bits per heavy atom. The van der Waals surface area contributed by atoms with Gasteiger partial charge in [-0.25, -0.2) is 19.6 Å². The van der Waals surface area contributed by atoms with Crippen LogP contribution in [0.3, 0.4) is 0 Å². The van der Waals surface area contributed by atoms with Crippen LogP contribution in [0.4, 0.5) is 21.2 Å². The topological polar surface area (TPSA) is 138 Å². The zero-order valence-corrected chi connectivity index (χ0v) is 16.0. The molecule has 3 aromatic heterocycles. The third-order valence-electron chi connectivity index (χ3n) is 3.53. The zero-order valence-electron chi connectivity index (χ0n) is 15.2. The van der Waals surface area contributed by atoms with Gasteiger partial charge in [0.1, 0.15) is 16.6 Å². The largest absolute Gasteiger partial charge is 0.465 e. The lowest BCUT2D eigenvalue weighted by Crippen LogP contribution is -2.25. The van der Waals surface area contributed by atoms with Crippen molar-refractivity contribution in [2.24, 2.45) is 0 Å². The van der Waals surface area contributed by atoms with Crippen molar-refractivity contribution in [3.63, 3.8) is 0 Å². The number of urea groups is 1. The minimum atomic E-state index is -1.09. The highest BCUT2D eigenvalue weighted by Crippen LogP contribution is 2.25. The molecule has 0 bridgehead atoms. The summed E-state index contributed by atoms with van der Waals surface area (Å²) >= 11 is 1.42. The van der Waals surface area contributed by atoms with E-state index in [4.69, 9.17) is 9.84 Å². The Labute approximate surface area is 170 Å². The number of carboxylic acid groups (broad SMARTS) is 1. The fourth-order valence-corrected chi connectivity index (χ4v) is 2.98. The van der Waals surface area contributed by atoms with Gasteiger partial charge in [-0.1, -0.05) is 6.07 Å². The van der Waals surface area contributed by atoms with Gasteiger partial charge in [-0.15, -0.1) is 11.3 Å². The van der Waals surface area contributed by atoms with Crippen molar-refractivity contribution in [1.82, 2.24) is 20.3 Å². The summed E-state index contributed by atoms with van der Waals surface area (Å²) < 4.78 is 5.33. The van der Waals surface area contributed by atoms with E-state index in [0.717, 1.165) is 16.1 Å².